The number of amides is 1. The van der Waals surface area contributed by atoms with Crippen LogP contribution in [-0.4, -0.2) is 85.3 Å². The molecule has 0 bridgehead atoms. The first-order chi connectivity index (χ1) is 18.0. The van der Waals surface area contributed by atoms with Gasteiger partial charge in [-0.1, -0.05) is 18.6 Å². The van der Waals surface area contributed by atoms with E-state index < -0.39 is 30.2 Å². The lowest BCUT2D eigenvalue weighted by molar-refractivity contribution is -0.126. The second-order valence-electron chi connectivity index (χ2n) is 13.2. The highest BCUT2D eigenvalue weighted by Crippen LogP contribution is 2.51. The highest BCUT2D eigenvalue weighted by Gasteiger charge is 2.57. The zero-order chi connectivity index (χ0) is 26.9. The molecule has 6 nitrogen and oxygen atoms in total. The van der Waals surface area contributed by atoms with E-state index >= 15 is 0 Å². The van der Waals surface area contributed by atoms with E-state index in [1.807, 2.05) is 33.8 Å². The number of hydrogen-bond acceptors (Lipinski definition) is 5. The Hall–Kier alpha value is -1.55. The largest absolute Gasteiger partial charge is 0.494 e. The molecule has 38 heavy (non-hydrogen) atoms. The molecule has 1 aromatic carbocycles. The van der Waals surface area contributed by atoms with Gasteiger partial charge in [0.05, 0.1) is 23.2 Å². The van der Waals surface area contributed by atoms with Crippen molar-refractivity contribution in [2.75, 3.05) is 37.6 Å². The number of fused-ring (bicyclic) bond motifs is 2. The molecule has 4 fully saturated rings. The van der Waals surface area contributed by atoms with Crippen molar-refractivity contribution in [2.24, 2.45) is 0 Å². The fourth-order valence-corrected chi connectivity index (χ4v) is 7.24. The van der Waals surface area contributed by atoms with Crippen molar-refractivity contribution < 1.29 is 22.9 Å². The zero-order valence-electron chi connectivity index (χ0n) is 23.3. The predicted octanol–water partition coefficient (Wildman–Crippen LogP) is 3.95. The van der Waals surface area contributed by atoms with E-state index in [4.69, 9.17) is 9.31 Å². The molecule has 0 radical (unpaired) electrons. The summed E-state index contributed by atoms with van der Waals surface area (Å²) in [5, 5.41) is 0. The molecule has 0 unspecified atom stereocenters. The fraction of sp³-hybridized carbons (Fsp3) is 0.759. The molecule has 1 amide bonds. The number of benzene rings is 1. The van der Waals surface area contributed by atoms with Crippen molar-refractivity contribution in [3.8, 4) is 0 Å². The second kappa shape index (κ2) is 9.53. The van der Waals surface area contributed by atoms with Crippen molar-refractivity contribution in [3.63, 3.8) is 0 Å². The van der Waals surface area contributed by atoms with Crippen LogP contribution in [-0.2, 0) is 19.5 Å². The van der Waals surface area contributed by atoms with Gasteiger partial charge in [0.15, 0.2) is 0 Å². The Morgan fingerprint density at radius 3 is 2.18 bits per heavy atom. The van der Waals surface area contributed by atoms with Gasteiger partial charge in [-0.2, -0.15) is 0 Å². The van der Waals surface area contributed by atoms with E-state index in [1.165, 1.54) is 19.3 Å². The SMILES string of the molecule is CC1(C)OB(c2ccc3c(c2)N([C@H]2C[C@@H](N4CCCCC4)C2)C(=O)C32CCN(CC(F)F)CC2)OC1(C)C. The van der Waals surface area contributed by atoms with Crippen LogP contribution in [0.5, 0.6) is 0 Å². The topological polar surface area (TPSA) is 45.2 Å². The molecule has 1 aromatic rings. The number of alkyl halides is 2. The summed E-state index contributed by atoms with van der Waals surface area (Å²) >= 11 is 0. The third-order valence-corrected chi connectivity index (χ3v) is 10.4. The Labute approximate surface area is 226 Å². The Balaban J connectivity index is 1.29. The summed E-state index contributed by atoms with van der Waals surface area (Å²) in [6.45, 7) is 11.3. The summed E-state index contributed by atoms with van der Waals surface area (Å²) in [7, 11) is -0.491. The van der Waals surface area contributed by atoms with Gasteiger partial charge in [-0.3, -0.25) is 9.69 Å². The monoisotopic (exact) mass is 529 g/mol. The van der Waals surface area contributed by atoms with E-state index in [2.05, 4.69) is 21.9 Å². The van der Waals surface area contributed by atoms with Crippen molar-refractivity contribution in [1.29, 1.82) is 0 Å². The summed E-state index contributed by atoms with van der Waals surface area (Å²) < 4.78 is 38.8. The van der Waals surface area contributed by atoms with Crippen LogP contribution in [0.1, 0.15) is 78.2 Å². The lowest BCUT2D eigenvalue weighted by Crippen LogP contribution is -2.58. The third-order valence-electron chi connectivity index (χ3n) is 10.4. The van der Waals surface area contributed by atoms with Crippen LogP contribution in [0.4, 0.5) is 14.5 Å². The minimum absolute atomic E-state index is 0.164. The van der Waals surface area contributed by atoms with E-state index in [0.717, 1.165) is 42.6 Å². The third kappa shape index (κ3) is 4.32. The number of nitrogens with zero attached hydrogens (tertiary/aromatic N) is 3. The number of piperidine rings is 2. The number of halogens is 2. The second-order valence-corrected chi connectivity index (χ2v) is 13.2. The molecular weight excluding hydrogens is 487 g/mol. The van der Waals surface area contributed by atoms with Crippen LogP contribution in [0.2, 0.25) is 0 Å². The van der Waals surface area contributed by atoms with Gasteiger partial charge in [0.1, 0.15) is 0 Å². The molecule has 3 saturated heterocycles. The van der Waals surface area contributed by atoms with Gasteiger partial charge in [0.2, 0.25) is 5.91 Å². The smallest absolute Gasteiger partial charge is 0.399 e. The average Bonchev–Trinajstić information content (AvgIpc) is 3.21. The van der Waals surface area contributed by atoms with Crippen molar-refractivity contribution in [2.45, 2.75) is 108 Å². The van der Waals surface area contributed by atoms with Crippen LogP contribution in [0.3, 0.4) is 0 Å². The normalized spacial score (nSPS) is 30.8. The molecule has 208 valence electrons. The molecule has 0 atom stereocenters. The highest BCUT2D eigenvalue weighted by molar-refractivity contribution is 6.62. The van der Waals surface area contributed by atoms with Gasteiger partial charge < -0.3 is 19.1 Å². The number of carbonyl (C=O) groups is 1. The standard InChI is InChI=1S/C29H42BF2N3O3/c1-27(2)28(3,4)38-30(37-27)20-8-9-23-24(16-20)35(22-17-21(18-22)34-12-6-5-7-13-34)26(36)29(23)10-14-33(15-11-29)19-25(31)32/h8-9,16,21-22,25H,5-7,10-15,17-19H2,1-4H3/t21-,22+. The summed E-state index contributed by atoms with van der Waals surface area (Å²) in [6, 6.07) is 6.98. The molecule has 1 saturated carbocycles. The minimum atomic E-state index is -2.35. The van der Waals surface area contributed by atoms with Crippen LogP contribution in [0.15, 0.2) is 18.2 Å². The van der Waals surface area contributed by atoms with E-state index in [-0.39, 0.29) is 18.5 Å². The van der Waals surface area contributed by atoms with Crippen LogP contribution in [0.25, 0.3) is 0 Å². The van der Waals surface area contributed by atoms with Crippen LogP contribution in [0, 0.1) is 0 Å². The van der Waals surface area contributed by atoms with E-state index in [9.17, 15) is 13.6 Å². The number of rotatable bonds is 5. The summed E-state index contributed by atoms with van der Waals surface area (Å²) in [5.74, 6) is 0.164. The van der Waals surface area contributed by atoms with Gasteiger partial charge in [-0.05, 0) is 109 Å². The molecule has 4 aliphatic heterocycles. The maximum atomic E-state index is 14.3. The first-order valence-corrected chi connectivity index (χ1v) is 14.6. The van der Waals surface area contributed by atoms with Crippen LogP contribution >= 0.6 is 0 Å². The van der Waals surface area contributed by atoms with Gasteiger partial charge in [-0.25, -0.2) is 8.78 Å². The maximum Gasteiger partial charge on any atom is 0.494 e. The number of hydrogen-bond donors (Lipinski definition) is 0. The minimum Gasteiger partial charge on any atom is -0.399 e. The number of carbonyl (C=O) groups excluding carboxylic acids is 1. The molecule has 1 spiro atoms. The van der Waals surface area contributed by atoms with E-state index in [1.54, 1.807) is 4.90 Å². The van der Waals surface area contributed by atoms with Crippen molar-refractivity contribution >= 4 is 24.2 Å². The fourth-order valence-electron chi connectivity index (χ4n) is 7.24. The predicted molar refractivity (Wildman–Crippen MR) is 145 cm³/mol. The molecule has 5 aliphatic rings. The molecule has 1 aliphatic carbocycles. The van der Waals surface area contributed by atoms with Crippen molar-refractivity contribution in [1.82, 2.24) is 9.80 Å². The summed E-state index contributed by atoms with van der Waals surface area (Å²) in [5.41, 5.74) is 1.45. The van der Waals surface area contributed by atoms with Gasteiger partial charge in [0, 0.05) is 17.8 Å². The quantitative estimate of drug-likeness (QED) is 0.541. The van der Waals surface area contributed by atoms with Gasteiger partial charge in [-0.15, -0.1) is 0 Å². The van der Waals surface area contributed by atoms with Gasteiger partial charge in [0.25, 0.3) is 6.43 Å². The van der Waals surface area contributed by atoms with Crippen LogP contribution < -0.4 is 10.4 Å². The first kappa shape index (κ1) is 26.7. The molecule has 0 aromatic heterocycles. The lowest BCUT2D eigenvalue weighted by Gasteiger charge is -2.48. The van der Waals surface area contributed by atoms with Gasteiger partial charge >= 0.3 is 7.12 Å². The van der Waals surface area contributed by atoms with Crippen molar-refractivity contribution in [3.05, 3.63) is 23.8 Å². The highest BCUT2D eigenvalue weighted by atomic mass is 19.3. The lowest BCUT2D eigenvalue weighted by atomic mass is 9.71. The van der Waals surface area contributed by atoms with E-state index in [0.29, 0.717) is 32.0 Å². The average molecular weight is 529 g/mol. The molecule has 6 rings (SSSR count). The molecule has 0 N–H and O–H groups in total. The Morgan fingerprint density at radius 2 is 1.58 bits per heavy atom. The Bertz CT molecular complexity index is 1050. The number of likely N-dealkylation sites (tertiary alicyclic amines) is 2. The Morgan fingerprint density at radius 1 is 0.947 bits per heavy atom. The molecule has 9 heteroatoms. The number of anilines is 1. The maximum absolute atomic E-state index is 14.3. The molecular formula is C29H42BF2N3O3. The Kier molecular flexibility index (Phi) is 6.69. The summed E-state index contributed by atoms with van der Waals surface area (Å²) in [4.78, 5) is 20.8. The first-order valence-electron chi connectivity index (χ1n) is 14.6. The zero-order valence-corrected chi connectivity index (χ0v) is 23.3. The molecule has 4 heterocycles. The summed E-state index contributed by atoms with van der Waals surface area (Å²) in [6.07, 6.45) is 4.66.